The van der Waals surface area contributed by atoms with Gasteiger partial charge in [0.15, 0.2) is 0 Å². The molecule has 3 rings (SSSR count). The zero-order valence-electron chi connectivity index (χ0n) is 12.3. The predicted octanol–water partition coefficient (Wildman–Crippen LogP) is 2.90. The van der Waals surface area contributed by atoms with Gasteiger partial charge in [-0.25, -0.2) is 4.98 Å². The molecule has 1 aromatic carbocycles. The molecule has 1 aliphatic carbocycles. The van der Waals surface area contributed by atoms with E-state index in [1.54, 1.807) is 0 Å². The summed E-state index contributed by atoms with van der Waals surface area (Å²) in [4.78, 5) is 4.80. The average molecular weight is 273 g/mol. The van der Waals surface area contributed by atoms with E-state index in [0.29, 0.717) is 5.92 Å². The normalized spacial score (nSPS) is 15.9. The molecule has 0 unspecified atom stereocenters. The first-order valence-corrected chi connectivity index (χ1v) is 7.37. The largest absolute Gasteiger partial charge is 0.399 e. The Kier molecular flexibility index (Phi) is 3.21. The number of nitrogen functional groups attached to an aromatic ring is 1. The summed E-state index contributed by atoms with van der Waals surface area (Å²) in [5.74, 6) is 1.80. The van der Waals surface area contributed by atoms with E-state index in [4.69, 9.17) is 10.7 Å². The summed E-state index contributed by atoms with van der Waals surface area (Å²) in [6.45, 7) is 5.51. The van der Waals surface area contributed by atoms with E-state index in [1.807, 2.05) is 12.1 Å². The van der Waals surface area contributed by atoms with Gasteiger partial charge in [-0.2, -0.15) is 0 Å². The number of rotatable bonds is 5. The zero-order chi connectivity index (χ0) is 14.3. The number of aliphatic hydroxyl groups is 1. The van der Waals surface area contributed by atoms with Crippen molar-refractivity contribution >= 4 is 16.7 Å². The molecule has 0 amide bonds. The number of aromatic nitrogens is 2. The highest BCUT2D eigenvalue weighted by Gasteiger charge is 2.31. The quantitative estimate of drug-likeness (QED) is 0.823. The van der Waals surface area contributed by atoms with Gasteiger partial charge in [0.25, 0.3) is 0 Å². The molecule has 3 N–H and O–H groups in total. The third kappa shape index (κ3) is 2.52. The molecule has 108 valence electrons. The van der Waals surface area contributed by atoms with Crippen molar-refractivity contribution in [2.24, 2.45) is 5.41 Å². The summed E-state index contributed by atoms with van der Waals surface area (Å²) in [6.07, 6.45) is 3.27. The Morgan fingerprint density at radius 1 is 1.40 bits per heavy atom. The lowest BCUT2D eigenvalue weighted by Gasteiger charge is -2.25. The molecule has 4 nitrogen and oxygen atoms in total. The molecule has 0 spiro atoms. The van der Waals surface area contributed by atoms with Gasteiger partial charge < -0.3 is 15.4 Å². The minimum absolute atomic E-state index is 0.0629. The van der Waals surface area contributed by atoms with Crippen LogP contribution in [0.5, 0.6) is 0 Å². The van der Waals surface area contributed by atoms with Crippen molar-refractivity contribution in [3.05, 3.63) is 24.0 Å². The van der Waals surface area contributed by atoms with Crippen LogP contribution < -0.4 is 5.73 Å². The summed E-state index contributed by atoms with van der Waals surface area (Å²) >= 11 is 0. The molecule has 0 atom stereocenters. The maximum atomic E-state index is 9.23. The van der Waals surface area contributed by atoms with Crippen molar-refractivity contribution in [2.45, 2.75) is 45.6 Å². The number of fused-ring (bicyclic) bond motifs is 1. The second kappa shape index (κ2) is 4.77. The maximum Gasteiger partial charge on any atom is 0.113 e. The number of hydrogen-bond donors (Lipinski definition) is 2. The third-order valence-electron chi connectivity index (χ3n) is 4.12. The highest BCUT2D eigenvalue weighted by atomic mass is 16.3. The molecule has 1 saturated carbocycles. The fourth-order valence-corrected chi connectivity index (χ4v) is 2.79. The van der Waals surface area contributed by atoms with E-state index in [-0.39, 0.29) is 12.0 Å². The van der Waals surface area contributed by atoms with Crippen molar-refractivity contribution in [3.8, 4) is 0 Å². The first-order valence-electron chi connectivity index (χ1n) is 7.37. The average Bonchev–Trinajstić information content (AvgIpc) is 3.14. The number of benzene rings is 1. The summed E-state index contributed by atoms with van der Waals surface area (Å²) in [7, 11) is 0. The molecule has 0 radical (unpaired) electrons. The Morgan fingerprint density at radius 2 is 2.15 bits per heavy atom. The molecular weight excluding hydrogens is 250 g/mol. The summed E-state index contributed by atoms with van der Waals surface area (Å²) in [6, 6.07) is 5.96. The minimum Gasteiger partial charge on any atom is -0.399 e. The molecule has 0 bridgehead atoms. The van der Waals surface area contributed by atoms with E-state index in [1.165, 1.54) is 18.7 Å². The lowest BCUT2D eigenvalue weighted by atomic mass is 9.89. The molecule has 20 heavy (non-hydrogen) atoms. The second-order valence-corrected chi connectivity index (χ2v) is 6.72. The van der Waals surface area contributed by atoms with Gasteiger partial charge in [-0.1, -0.05) is 13.8 Å². The summed E-state index contributed by atoms with van der Waals surface area (Å²) in [5, 5.41) is 9.23. The van der Waals surface area contributed by atoms with Crippen molar-refractivity contribution in [1.29, 1.82) is 0 Å². The Bertz CT molecular complexity index is 626. The van der Waals surface area contributed by atoms with Gasteiger partial charge in [-0.3, -0.25) is 0 Å². The number of nitrogens with two attached hydrogens (primary N) is 1. The Morgan fingerprint density at radius 3 is 2.80 bits per heavy atom. The predicted molar refractivity (Wildman–Crippen MR) is 81.6 cm³/mol. The van der Waals surface area contributed by atoms with Gasteiger partial charge in [-0.05, 0) is 42.9 Å². The highest BCUT2D eigenvalue weighted by molar-refractivity contribution is 5.79. The van der Waals surface area contributed by atoms with Crippen LogP contribution in [0.1, 0.15) is 44.9 Å². The zero-order valence-corrected chi connectivity index (χ0v) is 12.3. The summed E-state index contributed by atoms with van der Waals surface area (Å²) < 4.78 is 2.34. The monoisotopic (exact) mass is 273 g/mol. The van der Waals surface area contributed by atoms with Crippen molar-refractivity contribution in [2.75, 3.05) is 12.3 Å². The molecule has 1 aromatic heterocycles. The number of anilines is 1. The minimum atomic E-state index is 0.0629. The van der Waals surface area contributed by atoms with Crippen molar-refractivity contribution < 1.29 is 5.11 Å². The van der Waals surface area contributed by atoms with Crippen molar-refractivity contribution in [1.82, 2.24) is 9.55 Å². The van der Waals surface area contributed by atoms with E-state index in [9.17, 15) is 5.11 Å². The smallest absolute Gasteiger partial charge is 0.113 e. The van der Waals surface area contributed by atoms with Gasteiger partial charge in [0.1, 0.15) is 5.82 Å². The van der Waals surface area contributed by atoms with E-state index in [0.717, 1.165) is 29.7 Å². The van der Waals surface area contributed by atoms with E-state index >= 15 is 0 Å². The van der Waals surface area contributed by atoms with Gasteiger partial charge in [-0.15, -0.1) is 0 Å². The highest BCUT2D eigenvalue weighted by Crippen LogP contribution is 2.41. The fourth-order valence-electron chi connectivity index (χ4n) is 2.79. The lowest BCUT2D eigenvalue weighted by Crippen LogP contribution is -2.22. The van der Waals surface area contributed by atoms with Gasteiger partial charge >= 0.3 is 0 Å². The first-order chi connectivity index (χ1) is 9.50. The Balaban J connectivity index is 2.05. The maximum absolute atomic E-state index is 9.23. The van der Waals surface area contributed by atoms with Crippen LogP contribution >= 0.6 is 0 Å². The van der Waals surface area contributed by atoms with Crippen LogP contribution in [0, 0.1) is 5.41 Å². The van der Waals surface area contributed by atoms with Crippen LogP contribution in [0.25, 0.3) is 11.0 Å². The summed E-state index contributed by atoms with van der Waals surface area (Å²) in [5.41, 5.74) is 8.85. The standard InChI is InChI=1S/C16H23N3O/c1-16(2,7-8-20)10-19-14-6-5-12(17)9-13(14)18-15(19)11-3-4-11/h5-6,9,11,20H,3-4,7-8,10,17H2,1-2H3. The molecule has 0 aliphatic heterocycles. The molecule has 1 aliphatic rings. The molecule has 0 saturated heterocycles. The van der Waals surface area contributed by atoms with Crippen LogP contribution in [0.4, 0.5) is 5.69 Å². The Hall–Kier alpha value is -1.55. The number of hydrogen-bond acceptors (Lipinski definition) is 3. The molecule has 2 aromatic rings. The SMILES string of the molecule is CC(C)(CCO)Cn1c(C2CC2)nc2cc(N)ccc21. The topological polar surface area (TPSA) is 64.1 Å². The van der Waals surface area contributed by atoms with Crippen molar-refractivity contribution in [3.63, 3.8) is 0 Å². The Labute approximate surface area is 119 Å². The van der Waals surface area contributed by atoms with Crippen LogP contribution in [0.3, 0.4) is 0 Å². The van der Waals surface area contributed by atoms with Crippen LogP contribution in [0.15, 0.2) is 18.2 Å². The molecule has 4 heteroatoms. The second-order valence-electron chi connectivity index (χ2n) is 6.72. The number of imidazole rings is 1. The fraction of sp³-hybridized carbons (Fsp3) is 0.562. The van der Waals surface area contributed by atoms with Crippen LogP contribution in [-0.2, 0) is 6.54 Å². The number of aliphatic hydroxyl groups excluding tert-OH is 1. The number of nitrogens with zero attached hydrogens (tertiary/aromatic N) is 2. The van der Waals surface area contributed by atoms with E-state index < -0.39 is 0 Å². The third-order valence-corrected chi connectivity index (χ3v) is 4.12. The van der Waals surface area contributed by atoms with E-state index in [2.05, 4.69) is 24.5 Å². The van der Waals surface area contributed by atoms with Gasteiger partial charge in [0.05, 0.1) is 11.0 Å². The lowest BCUT2D eigenvalue weighted by molar-refractivity contribution is 0.192. The first kappa shape index (κ1) is 13.4. The molecule has 1 fully saturated rings. The van der Waals surface area contributed by atoms with Crippen LogP contribution in [0.2, 0.25) is 0 Å². The molecule has 1 heterocycles. The van der Waals surface area contributed by atoms with Crippen LogP contribution in [-0.4, -0.2) is 21.3 Å². The van der Waals surface area contributed by atoms with Gasteiger partial charge in [0.2, 0.25) is 0 Å². The van der Waals surface area contributed by atoms with Gasteiger partial charge in [0, 0.05) is 24.8 Å². The molecular formula is C16H23N3O.